The van der Waals surface area contributed by atoms with Crippen molar-refractivity contribution in [3.05, 3.63) is 100 Å². The maximum atomic E-state index is 11.4. The smallest absolute Gasteiger partial charge is 0.146 e. The summed E-state index contributed by atoms with van der Waals surface area (Å²) in [5, 5.41) is 14.2. The summed E-state index contributed by atoms with van der Waals surface area (Å²) in [5.74, 6) is 0.643. The summed E-state index contributed by atoms with van der Waals surface area (Å²) < 4.78 is 1.93. The fourth-order valence-electron chi connectivity index (χ4n) is 3.64. The fraction of sp³-hybridized carbons (Fsp3) is 0.222. The third kappa shape index (κ3) is 4.61. The van der Waals surface area contributed by atoms with Crippen LogP contribution in [0.25, 0.3) is 28.2 Å². The van der Waals surface area contributed by atoms with Gasteiger partial charge >= 0.3 is 0 Å². The Morgan fingerprint density at radius 3 is 2.24 bits per heavy atom. The van der Waals surface area contributed by atoms with Gasteiger partial charge in [-0.15, -0.1) is 4.91 Å². The number of aliphatic hydroxyl groups is 1. The summed E-state index contributed by atoms with van der Waals surface area (Å²) in [6.07, 6.45) is 1.84. The Bertz CT molecular complexity index is 1300. The third-order valence-corrected chi connectivity index (χ3v) is 6.05. The third-order valence-electron chi connectivity index (χ3n) is 5.72. The molecule has 1 aromatic heterocycles. The first-order chi connectivity index (χ1) is 15.6. The molecule has 3 aromatic carbocycles. The highest BCUT2D eigenvalue weighted by Crippen LogP contribution is 2.34. The van der Waals surface area contributed by atoms with Crippen LogP contribution < -0.4 is 0 Å². The van der Waals surface area contributed by atoms with Crippen molar-refractivity contribution in [2.24, 2.45) is 5.18 Å². The first-order valence-corrected chi connectivity index (χ1v) is 11.1. The number of imidazole rings is 1. The Morgan fingerprint density at radius 2 is 1.61 bits per heavy atom. The van der Waals surface area contributed by atoms with E-state index in [1.807, 2.05) is 83.6 Å². The van der Waals surface area contributed by atoms with E-state index in [1.165, 1.54) is 0 Å². The molecule has 4 rings (SSSR count). The minimum absolute atomic E-state index is 0.564. The molecule has 1 N–H and O–H groups in total. The molecule has 0 amide bonds. The van der Waals surface area contributed by atoms with Gasteiger partial charge < -0.3 is 5.11 Å². The van der Waals surface area contributed by atoms with E-state index in [9.17, 15) is 10.0 Å². The molecule has 0 aliphatic carbocycles. The van der Waals surface area contributed by atoms with Crippen molar-refractivity contribution in [3.63, 3.8) is 0 Å². The first-order valence-electron chi connectivity index (χ1n) is 10.7. The highest BCUT2D eigenvalue weighted by Gasteiger charge is 2.27. The monoisotopic (exact) mass is 459 g/mol. The van der Waals surface area contributed by atoms with Crippen molar-refractivity contribution >= 4 is 11.6 Å². The van der Waals surface area contributed by atoms with E-state index >= 15 is 0 Å². The van der Waals surface area contributed by atoms with E-state index in [2.05, 4.69) is 5.18 Å². The number of rotatable bonds is 6. The molecule has 1 heterocycles. The van der Waals surface area contributed by atoms with Crippen molar-refractivity contribution in [2.75, 3.05) is 0 Å². The summed E-state index contributed by atoms with van der Waals surface area (Å²) in [4.78, 5) is 16.2. The van der Waals surface area contributed by atoms with Crippen LogP contribution in [0.15, 0.2) is 84.2 Å². The standard InChI is InChI=1S/C27H26ClN3O2/c1-26(2,30-33)24-17-31(25(29-24)22-10-5-6-11-23(22)28)21-14-12-18(13-15-21)19-8-7-9-20(16-19)27(3,4)32/h5-17,32H,1-4H3. The normalized spacial score (nSPS) is 12.1. The molecule has 0 aliphatic heterocycles. The van der Waals surface area contributed by atoms with Gasteiger partial charge in [0.25, 0.3) is 0 Å². The predicted octanol–water partition coefficient (Wildman–Crippen LogP) is 7.09. The summed E-state index contributed by atoms with van der Waals surface area (Å²) in [6.45, 7) is 7.03. The number of aromatic nitrogens is 2. The molecule has 6 heteroatoms. The molecular formula is C27H26ClN3O2. The lowest BCUT2D eigenvalue weighted by molar-refractivity contribution is 0.0786. The van der Waals surface area contributed by atoms with Gasteiger partial charge in [-0.3, -0.25) is 4.57 Å². The largest absolute Gasteiger partial charge is 0.386 e. The molecule has 0 bridgehead atoms. The molecule has 0 radical (unpaired) electrons. The van der Waals surface area contributed by atoms with Gasteiger partial charge in [-0.1, -0.05) is 59.2 Å². The SMILES string of the molecule is CC(C)(O)c1cccc(-c2ccc(-n3cc(C(C)(C)N=O)nc3-c3ccccc3Cl)cc2)c1. The molecule has 0 saturated heterocycles. The maximum Gasteiger partial charge on any atom is 0.146 e. The minimum atomic E-state index is -0.973. The second kappa shape index (κ2) is 8.58. The van der Waals surface area contributed by atoms with E-state index < -0.39 is 11.1 Å². The second-order valence-corrected chi connectivity index (χ2v) is 9.54. The van der Waals surface area contributed by atoms with E-state index in [1.54, 1.807) is 27.7 Å². The Balaban J connectivity index is 1.80. The van der Waals surface area contributed by atoms with Crippen LogP contribution in [0, 0.1) is 4.91 Å². The van der Waals surface area contributed by atoms with Crippen molar-refractivity contribution in [1.29, 1.82) is 0 Å². The lowest BCUT2D eigenvalue weighted by Gasteiger charge is -2.18. The molecular weight excluding hydrogens is 434 g/mol. The highest BCUT2D eigenvalue weighted by molar-refractivity contribution is 6.33. The summed E-state index contributed by atoms with van der Waals surface area (Å²) in [7, 11) is 0. The lowest BCUT2D eigenvalue weighted by atomic mass is 9.94. The van der Waals surface area contributed by atoms with Gasteiger partial charge in [0, 0.05) is 17.4 Å². The molecule has 0 spiro atoms. The van der Waals surface area contributed by atoms with Gasteiger partial charge in [-0.25, -0.2) is 4.98 Å². The van der Waals surface area contributed by atoms with Crippen LogP contribution in [0.2, 0.25) is 5.02 Å². The van der Waals surface area contributed by atoms with Crippen molar-refractivity contribution in [2.45, 2.75) is 38.8 Å². The molecule has 0 aliphatic rings. The average Bonchev–Trinajstić information content (AvgIpc) is 3.25. The number of nitroso groups, excluding NO2 is 1. The fourth-order valence-corrected chi connectivity index (χ4v) is 3.87. The van der Waals surface area contributed by atoms with Crippen LogP contribution in [0.1, 0.15) is 39.0 Å². The molecule has 0 unspecified atom stereocenters. The maximum absolute atomic E-state index is 11.4. The Morgan fingerprint density at radius 1 is 0.909 bits per heavy atom. The van der Waals surface area contributed by atoms with Crippen LogP contribution in [0.4, 0.5) is 0 Å². The van der Waals surface area contributed by atoms with Gasteiger partial charge in [-0.05, 0) is 74.7 Å². The van der Waals surface area contributed by atoms with E-state index in [-0.39, 0.29) is 0 Å². The highest BCUT2D eigenvalue weighted by atomic mass is 35.5. The second-order valence-electron chi connectivity index (χ2n) is 9.14. The quantitative estimate of drug-likeness (QED) is 0.313. The number of hydrogen-bond donors (Lipinski definition) is 1. The molecule has 4 aromatic rings. The molecule has 168 valence electrons. The zero-order chi connectivity index (χ0) is 23.8. The summed E-state index contributed by atoms with van der Waals surface area (Å²) >= 11 is 6.47. The van der Waals surface area contributed by atoms with Crippen LogP contribution in [0.5, 0.6) is 0 Å². The Labute approximate surface area is 198 Å². The van der Waals surface area contributed by atoms with E-state index in [0.717, 1.165) is 27.9 Å². The Hall–Kier alpha value is -3.28. The number of hydrogen-bond acceptors (Lipinski definition) is 4. The topological polar surface area (TPSA) is 67.5 Å². The van der Waals surface area contributed by atoms with Gasteiger partial charge in [-0.2, -0.15) is 0 Å². The van der Waals surface area contributed by atoms with Crippen LogP contribution in [-0.4, -0.2) is 14.7 Å². The number of benzene rings is 3. The molecule has 33 heavy (non-hydrogen) atoms. The molecule has 0 saturated carbocycles. The predicted molar refractivity (Wildman–Crippen MR) is 134 cm³/mol. The average molecular weight is 460 g/mol. The zero-order valence-corrected chi connectivity index (χ0v) is 19.8. The van der Waals surface area contributed by atoms with Gasteiger partial charge in [0.2, 0.25) is 0 Å². The molecule has 0 fully saturated rings. The minimum Gasteiger partial charge on any atom is -0.386 e. The van der Waals surface area contributed by atoms with Crippen molar-refractivity contribution < 1.29 is 5.11 Å². The van der Waals surface area contributed by atoms with Crippen LogP contribution in [0.3, 0.4) is 0 Å². The zero-order valence-electron chi connectivity index (χ0n) is 19.1. The van der Waals surface area contributed by atoms with Gasteiger partial charge in [0.1, 0.15) is 11.4 Å². The number of halogens is 1. The van der Waals surface area contributed by atoms with E-state index in [0.29, 0.717) is 16.5 Å². The lowest BCUT2D eigenvalue weighted by Crippen LogP contribution is -2.15. The number of nitrogens with zero attached hydrogens (tertiary/aromatic N) is 3. The van der Waals surface area contributed by atoms with Crippen molar-refractivity contribution in [3.8, 4) is 28.2 Å². The van der Waals surface area contributed by atoms with Gasteiger partial charge in [0.05, 0.1) is 16.3 Å². The molecule has 0 atom stereocenters. The van der Waals surface area contributed by atoms with E-state index in [4.69, 9.17) is 16.6 Å². The summed E-state index contributed by atoms with van der Waals surface area (Å²) in [5.41, 5.74) is 3.24. The van der Waals surface area contributed by atoms with Gasteiger partial charge in [0.15, 0.2) is 0 Å². The molecule has 5 nitrogen and oxygen atoms in total. The first kappa shape index (κ1) is 22.9. The van der Waals surface area contributed by atoms with Crippen LogP contribution >= 0.6 is 11.6 Å². The Kier molecular flexibility index (Phi) is 5.95. The van der Waals surface area contributed by atoms with Crippen molar-refractivity contribution in [1.82, 2.24) is 9.55 Å². The van der Waals surface area contributed by atoms with Crippen LogP contribution in [-0.2, 0) is 11.1 Å². The summed E-state index contributed by atoms with van der Waals surface area (Å²) in [6, 6.07) is 23.4.